The SMILES string of the molecule is CC(I)c1ccc(Br)cc1. The first-order valence-corrected chi connectivity index (χ1v) is 5.13. The second-order valence-corrected chi connectivity index (χ2v) is 4.95. The number of halogens is 2. The third-order valence-electron chi connectivity index (χ3n) is 1.33. The molecule has 0 amide bonds. The fourth-order valence-electron chi connectivity index (χ4n) is 0.728. The molecule has 10 heavy (non-hydrogen) atoms. The van der Waals surface area contributed by atoms with Crippen molar-refractivity contribution in [1.29, 1.82) is 0 Å². The summed E-state index contributed by atoms with van der Waals surface area (Å²) >= 11 is 5.80. The molecule has 0 N–H and O–H groups in total. The second-order valence-electron chi connectivity index (χ2n) is 2.17. The van der Waals surface area contributed by atoms with E-state index in [2.05, 4.69) is 69.7 Å². The van der Waals surface area contributed by atoms with E-state index in [1.807, 2.05) is 0 Å². The predicted molar refractivity (Wildman–Crippen MR) is 56.6 cm³/mol. The van der Waals surface area contributed by atoms with Gasteiger partial charge >= 0.3 is 0 Å². The van der Waals surface area contributed by atoms with Crippen LogP contribution in [-0.2, 0) is 0 Å². The maximum atomic E-state index is 3.39. The van der Waals surface area contributed by atoms with Crippen molar-refractivity contribution in [2.45, 2.75) is 10.8 Å². The normalized spacial score (nSPS) is 13.1. The van der Waals surface area contributed by atoms with Crippen molar-refractivity contribution in [3.05, 3.63) is 34.3 Å². The molecule has 1 rings (SSSR count). The van der Waals surface area contributed by atoms with Gasteiger partial charge in [0.1, 0.15) is 0 Å². The summed E-state index contributed by atoms with van der Waals surface area (Å²) in [6.45, 7) is 2.18. The highest BCUT2D eigenvalue weighted by molar-refractivity contribution is 14.1. The van der Waals surface area contributed by atoms with Gasteiger partial charge in [-0.25, -0.2) is 0 Å². The van der Waals surface area contributed by atoms with Crippen molar-refractivity contribution < 1.29 is 0 Å². The maximum absolute atomic E-state index is 3.39. The highest BCUT2D eigenvalue weighted by Gasteiger charge is 1.97. The molecule has 0 bridgehead atoms. The molecule has 0 aliphatic carbocycles. The third-order valence-corrected chi connectivity index (χ3v) is 2.58. The van der Waals surface area contributed by atoms with Crippen LogP contribution in [0.1, 0.15) is 16.4 Å². The lowest BCUT2D eigenvalue weighted by molar-refractivity contribution is 1.15. The molecule has 54 valence electrons. The van der Waals surface area contributed by atoms with E-state index >= 15 is 0 Å². The number of hydrogen-bond donors (Lipinski definition) is 0. The van der Waals surface area contributed by atoms with Crippen LogP contribution in [-0.4, -0.2) is 0 Å². The second kappa shape index (κ2) is 3.72. The van der Waals surface area contributed by atoms with Gasteiger partial charge in [0.2, 0.25) is 0 Å². The topological polar surface area (TPSA) is 0 Å². The maximum Gasteiger partial charge on any atom is 0.0331 e. The van der Waals surface area contributed by atoms with Gasteiger partial charge in [-0.15, -0.1) is 0 Å². The van der Waals surface area contributed by atoms with Crippen molar-refractivity contribution in [3.63, 3.8) is 0 Å². The van der Waals surface area contributed by atoms with Gasteiger partial charge in [0, 0.05) is 8.40 Å². The minimum Gasteiger partial charge on any atom is -0.0777 e. The molecule has 0 heterocycles. The van der Waals surface area contributed by atoms with Crippen LogP contribution >= 0.6 is 38.5 Å². The molecule has 1 aromatic rings. The Kier molecular flexibility index (Phi) is 3.17. The van der Waals surface area contributed by atoms with E-state index in [0.29, 0.717) is 3.92 Å². The quantitative estimate of drug-likeness (QED) is 0.544. The van der Waals surface area contributed by atoms with Crippen LogP contribution in [0.4, 0.5) is 0 Å². The summed E-state index contributed by atoms with van der Waals surface area (Å²) < 4.78 is 1.75. The van der Waals surface area contributed by atoms with Crippen molar-refractivity contribution in [2.24, 2.45) is 0 Å². The molecule has 0 nitrogen and oxygen atoms in total. The highest BCUT2D eigenvalue weighted by atomic mass is 127. The Hall–Kier alpha value is 0.430. The molecular weight excluding hydrogens is 303 g/mol. The largest absolute Gasteiger partial charge is 0.0777 e. The molecule has 0 fully saturated rings. The van der Waals surface area contributed by atoms with Gasteiger partial charge < -0.3 is 0 Å². The van der Waals surface area contributed by atoms with Crippen molar-refractivity contribution in [1.82, 2.24) is 0 Å². The monoisotopic (exact) mass is 310 g/mol. The smallest absolute Gasteiger partial charge is 0.0331 e. The minimum atomic E-state index is 0.602. The van der Waals surface area contributed by atoms with Gasteiger partial charge in [-0.1, -0.05) is 50.7 Å². The fourth-order valence-corrected chi connectivity index (χ4v) is 1.41. The molecule has 0 aliphatic heterocycles. The average molecular weight is 311 g/mol. The Labute approximate surface area is 83.3 Å². The lowest BCUT2D eigenvalue weighted by Gasteiger charge is -2.01. The minimum absolute atomic E-state index is 0.602. The molecule has 0 radical (unpaired) electrons. The Morgan fingerprint density at radius 2 is 1.80 bits per heavy atom. The molecule has 0 saturated carbocycles. The van der Waals surface area contributed by atoms with Crippen LogP contribution in [0, 0.1) is 0 Å². The van der Waals surface area contributed by atoms with Gasteiger partial charge in [-0.05, 0) is 24.6 Å². The number of benzene rings is 1. The number of hydrogen-bond acceptors (Lipinski definition) is 0. The lowest BCUT2D eigenvalue weighted by atomic mass is 10.2. The van der Waals surface area contributed by atoms with Crippen LogP contribution in [0.15, 0.2) is 28.7 Å². The molecular formula is C8H8BrI. The van der Waals surface area contributed by atoms with Gasteiger partial charge in [0.25, 0.3) is 0 Å². The zero-order valence-corrected chi connectivity index (χ0v) is 9.39. The highest BCUT2D eigenvalue weighted by Crippen LogP contribution is 2.23. The van der Waals surface area contributed by atoms with Crippen molar-refractivity contribution in [2.75, 3.05) is 0 Å². The van der Waals surface area contributed by atoms with Crippen LogP contribution in [0.25, 0.3) is 0 Å². The van der Waals surface area contributed by atoms with E-state index in [-0.39, 0.29) is 0 Å². The summed E-state index contributed by atoms with van der Waals surface area (Å²) in [5, 5.41) is 0. The number of rotatable bonds is 1. The van der Waals surface area contributed by atoms with Gasteiger partial charge in [0.05, 0.1) is 0 Å². The molecule has 0 saturated heterocycles. The molecule has 2 heteroatoms. The Morgan fingerprint density at radius 3 is 2.20 bits per heavy atom. The predicted octanol–water partition coefficient (Wildman–Crippen LogP) is 3.95. The van der Waals surface area contributed by atoms with E-state index in [4.69, 9.17) is 0 Å². The Bertz CT molecular complexity index is 203. The van der Waals surface area contributed by atoms with Crippen molar-refractivity contribution >= 4 is 38.5 Å². The van der Waals surface area contributed by atoms with E-state index in [0.717, 1.165) is 4.47 Å². The van der Waals surface area contributed by atoms with E-state index in [1.54, 1.807) is 0 Å². The van der Waals surface area contributed by atoms with Crippen LogP contribution in [0.2, 0.25) is 0 Å². The lowest BCUT2D eigenvalue weighted by Crippen LogP contribution is -1.80. The first kappa shape index (κ1) is 8.53. The zero-order chi connectivity index (χ0) is 7.56. The summed E-state index contributed by atoms with van der Waals surface area (Å²) in [4.78, 5) is 0. The molecule has 0 aliphatic rings. The van der Waals surface area contributed by atoms with E-state index in [9.17, 15) is 0 Å². The average Bonchev–Trinajstić information content (AvgIpc) is 1.88. The third kappa shape index (κ3) is 2.23. The first-order chi connectivity index (χ1) is 4.70. The number of alkyl halides is 1. The van der Waals surface area contributed by atoms with E-state index in [1.165, 1.54) is 5.56 Å². The Balaban J connectivity index is 2.89. The van der Waals surface area contributed by atoms with Gasteiger partial charge in [-0.3, -0.25) is 0 Å². The van der Waals surface area contributed by atoms with Crippen molar-refractivity contribution in [3.8, 4) is 0 Å². The summed E-state index contributed by atoms with van der Waals surface area (Å²) in [5.41, 5.74) is 1.38. The summed E-state index contributed by atoms with van der Waals surface area (Å²) in [5.74, 6) is 0. The van der Waals surface area contributed by atoms with E-state index < -0.39 is 0 Å². The molecule has 1 aromatic carbocycles. The fraction of sp³-hybridized carbons (Fsp3) is 0.250. The van der Waals surface area contributed by atoms with Crippen LogP contribution in [0.3, 0.4) is 0 Å². The Morgan fingerprint density at radius 1 is 1.30 bits per heavy atom. The zero-order valence-electron chi connectivity index (χ0n) is 5.64. The standard InChI is InChI=1S/C8H8BrI/c1-6(10)7-2-4-8(9)5-3-7/h2-6H,1H3. The molecule has 0 aromatic heterocycles. The molecule has 0 spiro atoms. The first-order valence-electron chi connectivity index (χ1n) is 3.09. The van der Waals surface area contributed by atoms with Gasteiger partial charge in [0.15, 0.2) is 0 Å². The van der Waals surface area contributed by atoms with Crippen LogP contribution < -0.4 is 0 Å². The molecule has 1 unspecified atom stereocenters. The van der Waals surface area contributed by atoms with Crippen LogP contribution in [0.5, 0.6) is 0 Å². The summed E-state index contributed by atoms with van der Waals surface area (Å²) in [6, 6.07) is 8.43. The summed E-state index contributed by atoms with van der Waals surface area (Å²) in [7, 11) is 0. The molecule has 1 atom stereocenters. The summed E-state index contributed by atoms with van der Waals surface area (Å²) in [6.07, 6.45) is 0. The van der Waals surface area contributed by atoms with Gasteiger partial charge in [-0.2, -0.15) is 0 Å².